The third-order valence-electron chi connectivity index (χ3n) is 3.15. The molecule has 0 radical (unpaired) electrons. The van der Waals surface area contributed by atoms with Gasteiger partial charge in [0.15, 0.2) is 0 Å². The number of aromatic carboxylic acids is 1. The van der Waals surface area contributed by atoms with E-state index in [0.29, 0.717) is 24.2 Å². The molecule has 3 N–H and O–H groups in total. The summed E-state index contributed by atoms with van der Waals surface area (Å²) in [5.74, 6) is -0.388. The number of carboxylic acids is 1. The van der Waals surface area contributed by atoms with Gasteiger partial charge in [-0.05, 0) is 6.42 Å². The molecule has 0 fully saturated rings. The Morgan fingerprint density at radius 1 is 1.38 bits per heavy atom. The van der Waals surface area contributed by atoms with E-state index in [1.54, 1.807) is 12.1 Å². The lowest BCUT2D eigenvalue weighted by molar-refractivity contribution is 0.0615. The molecule has 6 nitrogen and oxygen atoms in total. The van der Waals surface area contributed by atoms with Crippen molar-refractivity contribution in [2.45, 2.75) is 12.5 Å². The maximum absolute atomic E-state index is 11.2. The molecular formula is C15H18N2O4. The van der Waals surface area contributed by atoms with Crippen LogP contribution in [0.4, 0.5) is 5.82 Å². The smallest absolute Gasteiger partial charge is 0.337 e. The number of aliphatic hydroxyl groups is 1. The van der Waals surface area contributed by atoms with Gasteiger partial charge in [-0.2, -0.15) is 0 Å². The quantitative estimate of drug-likeness (QED) is 0.719. The minimum absolute atomic E-state index is 0.176. The molecule has 0 amide bonds. The summed E-state index contributed by atoms with van der Waals surface area (Å²) in [7, 11) is 1.54. The molecule has 21 heavy (non-hydrogen) atoms. The molecule has 1 unspecified atom stereocenters. The largest absolute Gasteiger partial charge is 0.478 e. The maximum atomic E-state index is 11.2. The minimum atomic E-state index is -0.999. The van der Waals surface area contributed by atoms with Gasteiger partial charge < -0.3 is 20.3 Å². The summed E-state index contributed by atoms with van der Waals surface area (Å²) < 4.78 is 4.86. The number of carbonyl (C=O) groups is 1. The number of rotatable bonds is 7. The van der Waals surface area contributed by atoms with Gasteiger partial charge in [-0.15, -0.1) is 0 Å². The van der Waals surface area contributed by atoms with Crippen molar-refractivity contribution in [2.24, 2.45) is 0 Å². The van der Waals surface area contributed by atoms with Gasteiger partial charge in [-0.25, -0.2) is 9.78 Å². The van der Waals surface area contributed by atoms with Crippen LogP contribution >= 0.6 is 0 Å². The van der Waals surface area contributed by atoms with E-state index in [0.717, 1.165) is 5.39 Å². The Labute approximate surface area is 122 Å². The van der Waals surface area contributed by atoms with Gasteiger partial charge in [0.25, 0.3) is 0 Å². The first-order valence-corrected chi connectivity index (χ1v) is 6.65. The Morgan fingerprint density at radius 2 is 2.10 bits per heavy atom. The molecule has 1 aromatic heterocycles. The number of aliphatic hydroxyl groups excluding tert-OH is 1. The predicted molar refractivity (Wildman–Crippen MR) is 79.7 cm³/mol. The molecule has 1 aromatic carbocycles. The second kappa shape index (κ2) is 7.01. The van der Waals surface area contributed by atoms with Gasteiger partial charge in [-0.3, -0.25) is 0 Å². The van der Waals surface area contributed by atoms with Crippen LogP contribution in [0.15, 0.2) is 30.5 Å². The molecule has 0 aliphatic heterocycles. The number of methoxy groups -OCH3 is 1. The van der Waals surface area contributed by atoms with Crippen LogP contribution in [0.5, 0.6) is 0 Å². The average Bonchev–Trinajstić information content (AvgIpc) is 2.47. The number of benzene rings is 1. The molecule has 1 atom stereocenters. The predicted octanol–water partition coefficient (Wildman–Crippen LogP) is 1.74. The Kier molecular flexibility index (Phi) is 5.08. The van der Waals surface area contributed by atoms with E-state index in [9.17, 15) is 15.0 Å². The Bertz CT molecular complexity index is 630. The lowest BCUT2D eigenvalue weighted by Gasteiger charge is -2.12. The van der Waals surface area contributed by atoms with E-state index in [1.807, 2.05) is 12.1 Å². The van der Waals surface area contributed by atoms with Crippen LogP contribution in [0.25, 0.3) is 10.8 Å². The van der Waals surface area contributed by atoms with Gasteiger partial charge >= 0.3 is 5.97 Å². The SMILES string of the molecule is COCC(O)CCNc1ncc(C(=O)O)c2ccccc12. The van der Waals surface area contributed by atoms with Crippen LogP contribution in [0.2, 0.25) is 0 Å². The first-order valence-electron chi connectivity index (χ1n) is 6.65. The molecule has 0 saturated heterocycles. The molecule has 2 aromatic rings. The molecule has 0 aliphatic carbocycles. The third kappa shape index (κ3) is 3.68. The summed E-state index contributed by atoms with van der Waals surface area (Å²) in [5.41, 5.74) is 0.176. The molecule has 2 rings (SSSR count). The highest BCUT2D eigenvalue weighted by molar-refractivity contribution is 6.06. The highest BCUT2D eigenvalue weighted by Crippen LogP contribution is 2.24. The van der Waals surface area contributed by atoms with E-state index in [1.165, 1.54) is 13.3 Å². The van der Waals surface area contributed by atoms with Crippen molar-refractivity contribution in [2.75, 3.05) is 25.6 Å². The molecule has 0 spiro atoms. The minimum Gasteiger partial charge on any atom is -0.478 e. The van der Waals surface area contributed by atoms with Crippen molar-refractivity contribution in [3.8, 4) is 0 Å². The second-order valence-electron chi connectivity index (χ2n) is 4.70. The normalized spacial score (nSPS) is 12.3. The zero-order valence-electron chi connectivity index (χ0n) is 11.7. The van der Waals surface area contributed by atoms with Crippen LogP contribution in [0.1, 0.15) is 16.8 Å². The number of nitrogens with one attached hydrogen (secondary N) is 1. The fraction of sp³-hybridized carbons (Fsp3) is 0.333. The number of hydrogen-bond donors (Lipinski definition) is 3. The van der Waals surface area contributed by atoms with E-state index in [2.05, 4.69) is 10.3 Å². The van der Waals surface area contributed by atoms with Crippen molar-refractivity contribution < 1.29 is 19.7 Å². The maximum Gasteiger partial charge on any atom is 0.337 e. The van der Waals surface area contributed by atoms with Gasteiger partial charge in [0, 0.05) is 30.6 Å². The molecule has 0 bridgehead atoms. The second-order valence-corrected chi connectivity index (χ2v) is 4.70. The number of nitrogens with zero attached hydrogens (tertiary/aromatic N) is 1. The number of aromatic nitrogens is 1. The highest BCUT2D eigenvalue weighted by Gasteiger charge is 2.12. The van der Waals surface area contributed by atoms with Gasteiger partial charge in [0.2, 0.25) is 0 Å². The van der Waals surface area contributed by atoms with Gasteiger partial charge in [0.1, 0.15) is 5.82 Å². The summed E-state index contributed by atoms with van der Waals surface area (Å²) in [6.07, 6.45) is 1.33. The van der Waals surface area contributed by atoms with Gasteiger partial charge in [-0.1, -0.05) is 24.3 Å². The summed E-state index contributed by atoms with van der Waals surface area (Å²) in [6.45, 7) is 0.807. The number of ether oxygens (including phenoxy) is 1. The molecule has 1 heterocycles. The van der Waals surface area contributed by atoms with Gasteiger partial charge in [0.05, 0.1) is 18.3 Å². The number of carboxylic acid groups (broad SMARTS) is 1. The molecule has 112 valence electrons. The first-order chi connectivity index (χ1) is 10.1. The van der Waals surface area contributed by atoms with Crippen molar-refractivity contribution in [3.05, 3.63) is 36.0 Å². The Morgan fingerprint density at radius 3 is 2.76 bits per heavy atom. The lowest BCUT2D eigenvalue weighted by atomic mass is 10.1. The monoisotopic (exact) mass is 290 g/mol. The number of fused-ring (bicyclic) bond motifs is 1. The Balaban J connectivity index is 2.18. The summed E-state index contributed by atoms with van der Waals surface area (Å²) in [4.78, 5) is 15.4. The fourth-order valence-electron chi connectivity index (χ4n) is 2.14. The Hall–Kier alpha value is -2.18. The zero-order chi connectivity index (χ0) is 15.2. The summed E-state index contributed by atoms with van der Waals surface area (Å²) in [5, 5.41) is 23.3. The molecule has 0 saturated carbocycles. The number of pyridine rings is 1. The van der Waals surface area contributed by atoms with E-state index >= 15 is 0 Å². The highest BCUT2D eigenvalue weighted by atomic mass is 16.5. The molecule has 0 aliphatic rings. The van der Waals surface area contributed by atoms with Crippen LogP contribution < -0.4 is 5.32 Å². The van der Waals surface area contributed by atoms with E-state index in [4.69, 9.17) is 4.74 Å². The van der Waals surface area contributed by atoms with E-state index in [-0.39, 0.29) is 12.2 Å². The average molecular weight is 290 g/mol. The van der Waals surface area contributed by atoms with E-state index < -0.39 is 12.1 Å². The van der Waals surface area contributed by atoms with Crippen LogP contribution in [0, 0.1) is 0 Å². The lowest BCUT2D eigenvalue weighted by Crippen LogP contribution is -2.18. The zero-order valence-corrected chi connectivity index (χ0v) is 11.7. The first kappa shape index (κ1) is 15.2. The summed E-state index contributed by atoms with van der Waals surface area (Å²) in [6, 6.07) is 7.20. The van der Waals surface area contributed by atoms with Crippen molar-refractivity contribution in [1.82, 2.24) is 4.98 Å². The number of anilines is 1. The van der Waals surface area contributed by atoms with Crippen molar-refractivity contribution in [3.63, 3.8) is 0 Å². The van der Waals surface area contributed by atoms with Crippen LogP contribution in [-0.4, -0.2) is 47.5 Å². The van der Waals surface area contributed by atoms with Crippen LogP contribution in [-0.2, 0) is 4.74 Å². The number of hydrogen-bond acceptors (Lipinski definition) is 5. The fourth-order valence-corrected chi connectivity index (χ4v) is 2.14. The van der Waals surface area contributed by atoms with Crippen molar-refractivity contribution >= 4 is 22.6 Å². The third-order valence-corrected chi connectivity index (χ3v) is 3.15. The summed E-state index contributed by atoms with van der Waals surface area (Å²) >= 11 is 0. The standard InChI is InChI=1S/C15H18N2O4/c1-21-9-10(18)6-7-16-14-12-5-3-2-4-11(12)13(8-17-14)15(19)20/h2-5,8,10,18H,6-7,9H2,1H3,(H,16,17)(H,19,20). The van der Waals surface area contributed by atoms with Crippen LogP contribution in [0.3, 0.4) is 0 Å². The topological polar surface area (TPSA) is 91.7 Å². The molecular weight excluding hydrogens is 272 g/mol. The van der Waals surface area contributed by atoms with Crippen molar-refractivity contribution in [1.29, 1.82) is 0 Å². The molecule has 6 heteroatoms.